The SMILES string of the molecule is COc1cc(Cl)ccc1C(=O)NCCc1ccc(S(=O)(=O)N(c2nncs2)C(C)C)cc1. The first kappa shape index (κ1) is 24.0. The second kappa shape index (κ2) is 10.3. The first-order valence-corrected chi connectivity index (χ1v) is 12.4. The van der Waals surface area contributed by atoms with Crippen molar-refractivity contribution >= 4 is 44.0 Å². The largest absolute Gasteiger partial charge is 0.496 e. The number of sulfonamides is 1. The third-order valence-corrected chi connectivity index (χ3v) is 7.61. The first-order chi connectivity index (χ1) is 15.2. The molecule has 0 bridgehead atoms. The molecule has 0 saturated heterocycles. The van der Waals surface area contributed by atoms with Crippen LogP contribution in [0.15, 0.2) is 52.9 Å². The van der Waals surface area contributed by atoms with Gasteiger partial charge < -0.3 is 10.1 Å². The summed E-state index contributed by atoms with van der Waals surface area (Å²) >= 11 is 7.10. The number of benzene rings is 2. The zero-order chi connectivity index (χ0) is 23.3. The second-order valence-corrected chi connectivity index (χ2v) is 10.2. The van der Waals surface area contributed by atoms with Crippen molar-refractivity contribution in [2.24, 2.45) is 0 Å². The predicted molar refractivity (Wildman–Crippen MR) is 125 cm³/mol. The molecule has 170 valence electrons. The minimum atomic E-state index is -3.77. The summed E-state index contributed by atoms with van der Waals surface area (Å²) < 4.78 is 32.7. The summed E-state index contributed by atoms with van der Waals surface area (Å²) in [6.07, 6.45) is 0.534. The number of aromatic nitrogens is 2. The van der Waals surface area contributed by atoms with E-state index in [1.165, 1.54) is 28.3 Å². The fraction of sp³-hybridized carbons (Fsp3) is 0.286. The van der Waals surface area contributed by atoms with Crippen molar-refractivity contribution in [1.29, 1.82) is 0 Å². The maximum Gasteiger partial charge on any atom is 0.266 e. The molecular formula is C21H23ClN4O4S2. The van der Waals surface area contributed by atoms with E-state index in [9.17, 15) is 13.2 Å². The zero-order valence-corrected chi connectivity index (χ0v) is 20.2. The van der Waals surface area contributed by atoms with Crippen molar-refractivity contribution in [3.63, 3.8) is 0 Å². The average molecular weight is 495 g/mol. The van der Waals surface area contributed by atoms with Crippen LogP contribution in [0.5, 0.6) is 5.75 Å². The summed E-state index contributed by atoms with van der Waals surface area (Å²) in [5.41, 5.74) is 2.78. The lowest BCUT2D eigenvalue weighted by atomic mass is 10.1. The van der Waals surface area contributed by atoms with Gasteiger partial charge in [0.1, 0.15) is 11.3 Å². The van der Waals surface area contributed by atoms with Crippen LogP contribution < -0.4 is 14.4 Å². The molecule has 0 atom stereocenters. The molecule has 3 rings (SSSR count). The highest BCUT2D eigenvalue weighted by Gasteiger charge is 2.29. The smallest absolute Gasteiger partial charge is 0.266 e. The fourth-order valence-electron chi connectivity index (χ4n) is 3.07. The maximum absolute atomic E-state index is 13.1. The number of amides is 1. The predicted octanol–water partition coefficient (Wildman–Crippen LogP) is 3.78. The molecule has 0 aliphatic carbocycles. The Hall–Kier alpha value is -2.69. The van der Waals surface area contributed by atoms with Crippen LogP contribution in [0.4, 0.5) is 5.13 Å². The highest BCUT2D eigenvalue weighted by Crippen LogP contribution is 2.27. The van der Waals surface area contributed by atoms with Crippen molar-refractivity contribution in [1.82, 2.24) is 15.5 Å². The number of anilines is 1. The Morgan fingerprint density at radius 1 is 1.22 bits per heavy atom. The number of hydrogen-bond acceptors (Lipinski definition) is 7. The molecule has 2 aromatic carbocycles. The van der Waals surface area contributed by atoms with E-state index >= 15 is 0 Å². The zero-order valence-electron chi connectivity index (χ0n) is 17.8. The average Bonchev–Trinajstić information content (AvgIpc) is 3.27. The molecule has 0 spiro atoms. The third-order valence-electron chi connectivity index (χ3n) is 4.59. The Balaban J connectivity index is 1.65. The number of hydrogen-bond donors (Lipinski definition) is 1. The van der Waals surface area contributed by atoms with E-state index in [0.29, 0.717) is 34.4 Å². The lowest BCUT2D eigenvalue weighted by molar-refractivity contribution is 0.0951. The fourth-order valence-corrected chi connectivity index (χ4v) is 5.76. The van der Waals surface area contributed by atoms with Gasteiger partial charge in [-0.05, 0) is 56.2 Å². The number of rotatable bonds is 9. The minimum Gasteiger partial charge on any atom is -0.496 e. The second-order valence-electron chi connectivity index (χ2n) is 7.11. The van der Waals surface area contributed by atoms with Crippen LogP contribution in [0.2, 0.25) is 5.02 Å². The first-order valence-electron chi connectivity index (χ1n) is 9.75. The summed E-state index contributed by atoms with van der Waals surface area (Å²) in [5.74, 6) is 0.122. The number of carbonyl (C=O) groups excluding carboxylic acids is 1. The monoisotopic (exact) mass is 494 g/mol. The van der Waals surface area contributed by atoms with E-state index in [1.54, 1.807) is 56.3 Å². The van der Waals surface area contributed by atoms with Gasteiger partial charge in [-0.15, -0.1) is 10.2 Å². The lowest BCUT2D eigenvalue weighted by Gasteiger charge is -2.25. The van der Waals surface area contributed by atoms with E-state index in [1.807, 2.05) is 0 Å². The number of ether oxygens (including phenoxy) is 1. The molecule has 0 unspecified atom stereocenters. The molecule has 32 heavy (non-hydrogen) atoms. The van der Waals surface area contributed by atoms with Crippen molar-refractivity contribution in [2.75, 3.05) is 18.0 Å². The molecule has 1 heterocycles. The summed E-state index contributed by atoms with van der Waals surface area (Å²) in [7, 11) is -2.30. The normalized spacial score (nSPS) is 11.4. The molecular weight excluding hydrogens is 472 g/mol. The van der Waals surface area contributed by atoms with E-state index < -0.39 is 10.0 Å². The number of nitrogens with zero attached hydrogens (tertiary/aromatic N) is 3. The maximum atomic E-state index is 13.1. The summed E-state index contributed by atoms with van der Waals surface area (Å²) in [5, 5.41) is 11.3. The van der Waals surface area contributed by atoms with Gasteiger partial charge in [-0.25, -0.2) is 12.7 Å². The van der Waals surface area contributed by atoms with Gasteiger partial charge >= 0.3 is 0 Å². The molecule has 11 heteroatoms. The van der Waals surface area contributed by atoms with Crippen LogP contribution in [-0.2, 0) is 16.4 Å². The van der Waals surface area contributed by atoms with Crippen LogP contribution in [-0.4, -0.2) is 44.2 Å². The molecule has 0 aliphatic heterocycles. The van der Waals surface area contributed by atoms with E-state index in [4.69, 9.17) is 16.3 Å². The molecule has 0 saturated carbocycles. The van der Waals surface area contributed by atoms with Gasteiger partial charge in [0.15, 0.2) is 0 Å². The van der Waals surface area contributed by atoms with E-state index in [0.717, 1.165) is 5.56 Å². The standard InChI is InChI=1S/C21H23ClN4O4S2/c1-14(2)26(21-25-24-13-31-21)32(28,29)17-7-4-15(5-8-17)10-11-23-20(27)18-9-6-16(22)12-19(18)30-3/h4-9,12-14H,10-11H2,1-3H3,(H,23,27). The number of nitrogens with one attached hydrogen (secondary N) is 1. The van der Waals surface area contributed by atoms with Gasteiger partial charge in [-0.1, -0.05) is 35.1 Å². The Bertz CT molecular complexity index is 1170. The molecule has 1 N–H and O–H groups in total. The third kappa shape index (κ3) is 5.37. The van der Waals surface area contributed by atoms with Crippen LogP contribution in [0.1, 0.15) is 29.8 Å². The van der Waals surface area contributed by atoms with Crippen LogP contribution in [0.3, 0.4) is 0 Å². The summed E-state index contributed by atoms with van der Waals surface area (Å²) in [6, 6.07) is 11.1. The summed E-state index contributed by atoms with van der Waals surface area (Å²) in [4.78, 5) is 12.6. The van der Waals surface area contributed by atoms with Crippen molar-refractivity contribution in [3.8, 4) is 5.75 Å². The highest BCUT2D eigenvalue weighted by atomic mass is 35.5. The van der Waals surface area contributed by atoms with E-state index in [-0.39, 0.29) is 16.8 Å². The Kier molecular flexibility index (Phi) is 7.70. The topological polar surface area (TPSA) is 101 Å². The van der Waals surface area contributed by atoms with Crippen LogP contribution in [0, 0.1) is 0 Å². The molecule has 0 radical (unpaired) electrons. The van der Waals surface area contributed by atoms with Gasteiger partial charge in [0, 0.05) is 17.6 Å². The van der Waals surface area contributed by atoms with E-state index in [2.05, 4.69) is 15.5 Å². The summed E-state index contributed by atoms with van der Waals surface area (Å²) in [6.45, 7) is 3.94. The lowest BCUT2D eigenvalue weighted by Crippen LogP contribution is -2.37. The molecule has 1 amide bonds. The number of carbonyl (C=O) groups is 1. The molecule has 0 aliphatic rings. The Morgan fingerprint density at radius 3 is 2.53 bits per heavy atom. The molecule has 0 fully saturated rings. The number of methoxy groups -OCH3 is 1. The van der Waals surface area contributed by atoms with Gasteiger partial charge in [0.25, 0.3) is 15.9 Å². The quantitative estimate of drug-likeness (QED) is 0.485. The van der Waals surface area contributed by atoms with Crippen molar-refractivity contribution < 1.29 is 17.9 Å². The highest BCUT2D eigenvalue weighted by molar-refractivity contribution is 7.93. The number of halogens is 1. The molecule has 1 aromatic heterocycles. The molecule has 8 nitrogen and oxygen atoms in total. The van der Waals surface area contributed by atoms with Crippen LogP contribution >= 0.6 is 22.9 Å². The van der Waals surface area contributed by atoms with Crippen LogP contribution in [0.25, 0.3) is 0 Å². The Labute approximate surface area is 196 Å². The van der Waals surface area contributed by atoms with Gasteiger partial charge in [0.05, 0.1) is 17.6 Å². The van der Waals surface area contributed by atoms with Gasteiger partial charge in [0.2, 0.25) is 5.13 Å². The van der Waals surface area contributed by atoms with Gasteiger partial charge in [-0.3, -0.25) is 4.79 Å². The molecule has 3 aromatic rings. The Morgan fingerprint density at radius 2 is 1.94 bits per heavy atom. The minimum absolute atomic E-state index is 0.167. The van der Waals surface area contributed by atoms with Gasteiger partial charge in [-0.2, -0.15) is 0 Å². The van der Waals surface area contributed by atoms with Crippen molar-refractivity contribution in [2.45, 2.75) is 31.2 Å². The van der Waals surface area contributed by atoms with Crippen molar-refractivity contribution in [3.05, 3.63) is 64.1 Å².